The lowest BCUT2D eigenvalue weighted by Gasteiger charge is -2.12. The van der Waals surface area contributed by atoms with Crippen molar-refractivity contribution < 1.29 is 40.6 Å². The summed E-state index contributed by atoms with van der Waals surface area (Å²) in [6.45, 7) is 0. The maximum Gasteiger partial charge on any atom is 0.485 e. The first-order chi connectivity index (χ1) is 15.4. The summed E-state index contributed by atoms with van der Waals surface area (Å²) in [6, 6.07) is 22.9. The van der Waals surface area contributed by atoms with E-state index in [2.05, 4.69) is 35.9 Å². The molecule has 4 aromatic rings. The number of alkyl halides is 3. The molecule has 6 nitrogen and oxygen atoms in total. The summed E-state index contributed by atoms with van der Waals surface area (Å²) in [5, 5.41) is 11.9. The Hall–Kier alpha value is -3.28. The molecule has 172 valence electrons. The van der Waals surface area contributed by atoms with Gasteiger partial charge in [0.05, 0.1) is 16.3 Å². The van der Waals surface area contributed by atoms with Crippen molar-refractivity contribution in [1.82, 2.24) is 0 Å². The molecule has 0 fully saturated rings. The zero-order valence-corrected chi connectivity index (χ0v) is 18.5. The summed E-state index contributed by atoms with van der Waals surface area (Å²) >= 11 is 5.64. The van der Waals surface area contributed by atoms with Crippen molar-refractivity contribution >= 4 is 49.2 Å². The average Bonchev–Trinajstić information content (AvgIpc) is 2.75. The molecule has 33 heavy (non-hydrogen) atoms. The Balaban J connectivity index is 0.000000331. The van der Waals surface area contributed by atoms with Crippen LogP contribution in [0.25, 0.3) is 21.8 Å². The Kier molecular flexibility index (Phi) is 6.86. The molecule has 0 bridgehead atoms. The third-order valence-corrected chi connectivity index (χ3v) is 5.46. The largest absolute Gasteiger partial charge is 0.741 e. The van der Waals surface area contributed by atoms with Gasteiger partial charge in [-0.25, -0.2) is 8.42 Å². The molecule has 1 aromatic heterocycles. The maximum atomic E-state index is 10.7. The van der Waals surface area contributed by atoms with E-state index in [-0.39, 0.29) is 5.75 Å². The lowest BCUT2D eigenvalue weighted by Crippen LogP contribution is -2.31. The molecule has 0 aliphatic rings. The van der Waals surface area contributed by atoms with Crippen LogP contribution in [0.3, 0.4) is 0 Å². The number of hydrogen-bond acceptors (Lipinski definition) is 6. The quantitative estimate of drug-likeness (QED) is 0.146. The zero-order chi connectivity index (χ0) is 24.4. The van der Waals surface area contributed by atoms with Crippen LogP contribution in [0.4, 0.5) is 13.2 Å². The van der Waals surface area contributed by atoms with Crippen LogP contribution in [0.5, 0.6) is 11.5 Å². The minimum absolute atomic E-state index is 0.195. The van der Waals surface area contributed by atoms with Gasteiger partial charge >= 0.3 is 5.51 Å². The van der Waals surface area contributed by atoms with Gasteiger partial charge in [-0.2, -0.15) is 17.7 Å². The predicted molar refractivity (Wildman–Crippen MR) is 119 cm³/mol. The van der Waals surface area contributed by atoms with Crippen molar-refractivity contribution in [2.24, 2.45) is 7.05 Å². The van der Waals surface area contributed by atoms with E-state index in [1.54, 1.807) is 24.3 Å². The number of phenolic OH excluding ortho intramolecular Hbond substituents is 1. The van der Waals surface area contributed by atoms with Gasteiger partial charge in [0.15, 0.2) is 15.2 Å². The number of rotatable bonds is 2. The highest BCUT2D eigenvalue weighted by Gasteiger charge is 2.36. The Morgan fingerprint density at radius 3 is 1.79 bits per heavy atom. The number of halogens is 3. The SMILES string of the molecule is C[n+]1c2ccccc2c(C(=S)Oc2ccc(O)cc2)c2ccccc21.O=S(=O)([O-])C(F)(F)F. The number of pyridine rings is 1. The van der Waals surface area contributed by atoms with Crippen LogP contribution in [0.15, 0.2) is 72.8 Å². The zero-order valence-electron chi connectivity index (χ0n) is 16.9. The number of benzene rings is 3. The van der Waals surface area contributed by atoms with Crippen LogP contribution in [-0.2, 0) is 17.2 Å². The highest BCUT2D eigenvalue weighted by atomic mass is 32.2. The summed E-state index contributed by atoms with van der Waals surface area (Å²) in [7, 11) is -4.04. The highest BCUT2D eigenvalue weighted by molar-refractivity contribution is 7.86. The summed E-state index contributed by atoms with van der Waals surface area (Å²) in [4.78, 5) is 0. The second kappa shape index (κ2) is 9.30. The number of thiocarbonyl (C=S) groups is 1. The monoisotopic (exact) mass is 495 g/mol. The number of aromatic hydroxyl groups is 1. The topological polar surface area (TPSA) is 90.5 Å². The lowest BCUT2D eigenvalue weighted by molar-refractivity contribution is -0.617. The molecule has 0 unspecified atom stereocenters. The van der Waals surface area contributed by atoms with Gasteiger partial charge in [-0.3, -0.25) is 0 Å². The van der Waals surface area contributed by atoms with Gasteiger partial charge < -0.3 is 14.4 Å². The summed E-state index contributed by atoms with van der Waals surface area (Å²) in [5.41, 5.74) is -2.56. The fraction of sp³-hybridized carbons (Fsp3) is 0.0909. The van der Waals surface area contributed by atoms with Gasteiger partial charge in [-0.05, 0) is 48.6 Å². The molecule has 11 heteroatoms. The van der Waals surface area contributed by atoms with Gasteiger partial charge in [0.1, 0.15) is 18.5 Å². The standard InChI is InChI=1S/C21H15NO2S.CHF3O3S/c1-22-18-8-4-2-6-16(18)20(17-7-3-5-9-19(17)22)21(25)24-15-12-10-14(23)11-13-15;2-1(3,4)8(5,6)7/h2-13H,1H3;(H,5,6,7). The molecule has 0 spiro atoms. The number of ether oxygens (including phenoxy) is 1. The second-order valence-corrected chi connectivity index (χ2v) is 8.49. The summed E-state index contributed by atoms with van der Waals surface area (Å²) in [5.74, 6) is 0.796. The molecule has 0 amide bonds. The second-order valence-electron chi connectivity index (χ2n) is 6.75. The fourth-order valence-corrected chi connectivity index (χ4v) is 3.44. The number of para-hydroxylation sites is 2. The van der Waals surface area contributed by atoms with E-state index in [1.165, 1.54) is 0 Å². The van der Waals surface area contributed by atoms with Crippen LogP contribution in [-0.4, -0.2) is 28.6 Å². The normalized spacial score (nSPS) is 11.7. The molecule has 1 N–H and O–H groups in total. The molecule has 0 atom stereocenters. The molecular formula is C22H16F3NO5S2. The molecule has 0 aliphatic carbocycles. The Morgan fingerprint density at radius 1 is 0.939 bits per heavy atom. The Morgan fingerprint density at radius 2 is 1.36 bits per heavy atom. The molecule has 0 saturated carbocycles. The molecule has 1 heterocycles. The van der Waals surface area contributed by atoms with Crippen molar-refractivity contribution in [2.75, 3.05) is 0 Å². The minimum Gasteiger partial charge on any atom is -0.741 e. The van der Waals surface area contributed by atoms with Crippen molar-refractivity contribution in [3.05, 3.63) is 78.4 Å². The van der Waals surface area contributed by atoms with E-state index in [0.717, 1.165) is 27.4 Å². The number of nitrogens with zero attached hydrogens (tertiary/aromatic N) is 1. The number of aromatic nitrogens is 1. The van der Waals surface area contributed by atoms with Gasteiger partial charge in [0.2, 0.25) is 11.0 Å². The van der Waals surface area contributed by atoms with Crippen LogP contribution < -0.4 is 9.30 Å². The van der Waals surface area contributed by atoms with Crippen LogP contribution in [0, 0.1) is 0 Å². The van der Waals surface area contributed by atoms with Crippen molar-refractivity contribution in [3.8, 4) is 11.5 Å². The number of hydrogen-bond donors (Lipinski definition) is 1. The minimum atomic E-state index is -6.09. The van der Waals surface area contributed by atoms with Gasteiger partial charge in [-0.1, -0.05) is 24.3 Å². The number of fused-ring (bicyclic) bond motifs is 2. The molecule has 3 aromatic carbocycles. The maximum absolute atomic E-state index is 10.7. The fourth-order valence-electron chi connectivity index (χ4n) is 3.12. The van der Waals surface area contributed by atoms with Crippen molar-refractivity contribution in [3.63, 3.8) is 0 Å². The lowest BCUT2D eigenvalue weighted by atomic mass is 10.0. The molecular weight excluding hydrogens is 479 g/mol. The van der Waals surface area contributed by atoms with E-state index in [9.17, 15) is 18.3 Å². The Bertz CT molecular complexity index is 1380. The number of aryl methyl sites for hydroxylation is 1. The highest BCUT2D eigenvalue weighted by Crippen LogP contribution is 2.27. The molecule has 4 rings (SSSR count). The Labute approximate surface area is 192 Å². The molecule has 0 radical (unpaired) electrons. The predicted octanol–water partition coefficient (Wildman–Crippen LogP) is 4.33. The van der Waals surface area contributed by atoms with E-state index < -0.39 is 15.6 Å². The first-order valence-corrected chi connectivity index (χ1v) is 11.0. The van der Waals surface area contributed by atoms with E-state index in [1.807, 2.05) is 24.3 Å². The third kappa shape index (κ3) is 5.38. The van der Waals surface area contributed by atoms with Gasteiger partial charge in [-0.15, -0.1) is 0 Å². The smallest absolute Gasteiger partial charge is 0.485 e. The van der Waals surface area contributed by atoms with Crippen LogP contribution >= 0.6 is 12.2 Å². The molecule has 0 aliphatic heterocycles. The van der Waals surface area contributed by atoms with E-state index in [0.29, 0.717) is 10.8 Å². The van der Waals surface area contributed by atoms with Crippen molar-refractivity contribution in [1.29, 1.82) is 0 Å². The number of phenols is 1. The van der Waals surface area contributed by atoms with E-state index in [4.69, 9.17) is 29.9 Å². The van der Waals surface area contributed by atoms with Gasteiger partial charge in [0, 0.05) is 12.1 Å². The first-order valence-electron chi connectivity index (χ1n) is 9.23. The summed E-state index contributed by atoms with van der Waals surface area (Å²) < 4.78 is 67.0. The van der Waals surface area contributed by atoms with Crippen molar-refractivity contribution in [2.45, 2.75) is 5.51 Å². The van der Waals surface area contributed by atoms with Crippen LogP contribution in [0.2, 0.25) is 0 Å². The third-order valence-electron chi connectivity index (χ3n) is 4.60. The average molecular weight is 496 g/mol. The molecule has 0 saturated heterocycles. The first kappa shape index (κ1) is 24.4. The van der Waals surface area contributed by atoms with Crippen LogP contribution in [0.1, 0.15) is 5.56 Å². The van der Waals surface area contributed by atoms with E-state index >= 15 is 0 Å². The summed E-state index contributed by atoms with van der Waals surface area (Å²) in [6.07, 6.45) is 0. The van der Waals surface area contributed by atoms with Gasteiger partial charge in [0.25, 0.3) is 0 Å².